The third-order valence-corrected chi connectivity index (χ3v) is 3.48. The lowest BCUT2D eigenvalue weighted by molar-refractivity contribution is 0.579. The zero-order chi connectivity index (χ0) is 12.3. The molecular formula is C14H18N2S. The molecule has 1 heterocycles. The van der Waals surface area contributed by atoms with Crippen LogP contribution in [0.25, 0.3) is 0 Å². The highest BCUT2D eigenvalue weighted by Crippen LogP contribution is 2.19. The zero-order valence-corrected chi connectivity index (χ0v) is 11.3. The normalized spacial score (nSPS) is 12.6. The van der Waals surface area contributed by atoms with Crippen LogP contribution in [0.2, 0.25) is 0 Å². The second-order valence-electron chi connectivity index (χ2n) is 4.45. The smallest absolute Gasteiger partial charge is 0.0795 e. The first-order valence-corrected chi connectivity index (χ1v) is 6.76. The van der Waals surface area contributed by atoms with E-state index in [9.17, 15) is 0 Å². The van der Waals surface area contributed by atoms with Gasteiger partial charge in [-0.3, -0.25) is 0 Å². The molecule has 3 heteroatoms. The third-order valence-electron chi connectivity index (χ3n) is 2.88. The van der Waals surface area contributed by atoms with Crippen molar-refractivity contribution in [3.8, 4) is 0 Å². The van der Waals surface area contributed by atoms with Gasteiger partial charge in [-0.1, -0.05) is 29.3 Å². The Balaban J connectivity index is 2.18. The lowest BCUT2D eigenvalue weighted by Gasteiger charge is -2.14. The summed E-state index contributed by atoms with van der Waals surface area (Å²) in [6, 6.07) is 7.02. The topological polar surface area (TPSA) is 24.9 Å². The van der Waals surface area contributed by atoms with E-state index in [1.165, 1.54) is 16.7 Å². The number of hydrogen-bond acceptors (Lipinski definition) is 3. The second kappa shape index (κ2) is 5.43. The van der Waals surface area contributed by atoms with Crippen LogP contribution in [0.3, 0.4) is 0 Å². The number of nitrogens with one attached hydrogen (secondary N) is 1. The van der Waals surface area contributed by atoms with E-state index in [0.29, 0.717) is 6.04 Å². The van der Waals surface area contributed by atoms with E-state index in [1.54, 1.807) is 11.3 Å². The van der Waals surface area contributed by atoms with E-state index >= 15 is 0 Å². The Morgan fingerprint density at radius 1 is 1.24 bits per heavy atom. The van der Waals surface area contributed by atoms with Crippen molar-refractivity contribution in [2.45, 2.75) is 26.3 Å². The molecule has 0 radical (unpaired) electrons. The number of likely N-dealkylation sites (N-methyl/N-ethyl adjacent to an activating group) is 1. The van der Waals surface area contributed by atoms with Crippen LogP contribution >= 0.6 is 11.3 Å². The van der Waals surface area contributed by atoms with Gasteiger partial charge in [0.15, 0.2) is 0 Å². The average Bonchev–Trinajstić information content (AvgIpc) is 2.77. The molecule has 2 nitrogen and oxygen atoms in total. The summed E-state index contributed by atoms with van der Waals surface area (Å²) in [6.45, 7) is 4.29. The van der Waals surface area contributed by atoms with Crippen LogP contribution in [0.1, 0.15) is 28.4 Å². The average molecular weight is 246 g/mol. The minimum absolute atomic E-state index is 0.308. The fraction of sp³-hybridized carbons (Fsp3) is 0.357. The fourth-order valence-corrected chi connectivity index (χ4v) is 2.78. The van der Waals surface area contributed by atoms with E-state index in [-0.39, 0.29) is 0 Å². The maximum atomic E-state index is 4.38. The minimum atomic E-state index is 0.308. The lowest BCUT2D eigenvalue weighted by Crippen LogP contribution is -2.19. The van der Waals surface area contributed by atoms with Crippen LogP contribution in [-0.4, -0.2) is 12.0 Å². The second-order valence-corrected chi connectivity index (χ2v) is 5.17. The Hall–Kier alpha value is -1.19. The van der Waals surface area contributed by atoms with E-state index in [4.69, 9.17) is 0 Å². The van der Waals surface area contributed by atoms with Gasteiger partial charge < -0.3 is 5.32 Å². The maximum absolute atomic E-state index is 4.38. The van der Waals surface area contributed by atoms with Gasteiger partial charge in [0.1, 0.15) is 0 Å². The standard InChI is InChI=1S/C14H18N2S/c1-10-4-11(2)6-12(5-10)7-13(15-3)14-8-17-9-16-14/h4-6,8-9,13,15H,7H2,1-3H3. The molecular weight excluding hydrogens is 228 g/mol. The van der Waals surface area contributed by atoms with Crippen molar-refractivity contribution in [1.82, 2.24) is 10.3 Å². The highest BCUT2D eigenvalue weighted by atomic mass is 32.1. The van der Waals surface area contributed by atoms with E-state index < -0.39 is 0 Å². The largest absolute Gasteiger partial charge is 0.311 e. The first kappa shape index (κ1) is 12.3. The monoisotopic (exact) mass is 246 g/mol. The molecule has 0 bridgehead atoms. The number of nitrogens with zero attached hydrogens (tertiary/aromatic N) is 1. The molecule has 2 aromatic rings. The molecule has 0 saturated carbocycles. The summed E-state index contributed by atoms with van der Waals surface area (Å²) in [6.07, 6.45) is 0.989. The minimum Gasteiger partial charge on any atom is -0.311 e. The van der Waals surface area contributed by atoms with Crippen molar-refractivity contribution in [2.24, 2.45) is 0 Å². The van der Waals surface area contributed by atoms with Gasteiger partial charge in [0.25, 0.3) is 0 Å². The molecule has 90 valence electrons. The molecule has 1 N–H and O–H groups in total. The summed E-state index contributed by atoms with van der Waals surface area (Å²) in [7, 11) is 1.99. The van der Waals surface area contributed by atoms with Crippen LogP contribution in [0, 0.1) is 13.8 Å². The number of rotatable bonds is 4. The summed E-state index contributed by atoms with van der Waals surface area (Å²) in [5.41, 5.74) is 7.05. The van der Waals surface area contributed by atoms with Gasteiger partial charge in [0, 0.05) is 5.38 Å². The van der Waals surface area contributed by atoms with Crippen LogP contribution in [0.4, 0.5) is 0 Å². The molecule has 1 atom stereocenters. The Labute approximate surface area is 107 Å². The Bertz CT molecular complexity index is 457. The van der Waals surface area contributed by atoms with E-state index in [2.05, 4.69) is 47.7 Å². The highest BCUT2D eigenvalue weighted by molar-refractivity contribution is 7.07. The van der Waals surface area contributed by atoms with Crippen LogP contribution in [-0.2, 0) is 6.42 Å². The molecule has 0 saturated heterocycles. The summed E-state index contributed by atoms with van der Waals surface area (Å²) >= 11 is 1.65. The number of hydrogen-bond donors (Lipinski definition) is 1. The van der Waals surface area contributed by atoms with Gasteiger partial charge in [-0.25, -0.2) is 4.98 Å². The molecule has 0 aliphatic rings. The van der Waals surface area contributed by atoms with Crippen LogP contribution < -0.4 is 5.32 Å². The summed E-state index contributed by atoms with van der Waals surface area (Å²) in [5.74, 6) is 0. The molecule has 1 aromatic heterocycles. The van der Waals surface area contributed by atoms with Crippen LogP contribution in [0.5, 0.6) is 0 Å². The Kier molecular flexibility index (Phi) is 3.92. The van der Waals surface area contributed by atoms with Crippen molar-refractivity contribution < 1.29 is 0 Å². The van der Waals surface area contributed by atoms with Gasteiger partial charge in [-0.05, 0) is 32.9 Å². The number of aryl methyl sites for hydroxylation is 2. The first-order valence-electron chi connectivity index (χ1n) is 5.81. The number of benzene rings is 1. The van der Waals surface area contributed by atoms with Crippen molar-refractivity contribution >= 4 is 11.3 Å². The molecule has 0 fully saturated rings. The summed E-state index contributed by atoms with van der Waals surface area (Å²) in [5, 5.41) is 5.45. The molecule has 0 amide bonds. The molecule has 1 unspecified atom stereocenters. The van der Waals surface area contributed by atoms with Gasteiger partial charge in [0.2, 0.25) is 0 Å². The molecule has 0 spiro atoms. The Morgan fingerprint density at radius 3 is 2.47 bits per heavy atom. The maximum Gasteiger partial charge on any atom is 0.0795 e. The molecule has 1 aromatic carbocycles. The third kappa shape index (κ3) is 3.14. The van der Waals surface area contributed by atoms with Crippen molar-refractivity contribution in [3.63, 3.8) is 0 Å². The Morgan fingerprint density at radius 2 is 1.94 bits per heavy atom. The van der Waals surface area contributed by atoms with Crippen LogP contribution in [0.15, 0.2) is 29.1 Å². The molecule has 17 heavy (non-hydrogen) atoms. The summed E-state index contributed by atoms with van der Waals surface area (Å²) < 4.78 is 0. The number of thiazole rings is 1. The van der Waals surface area contributed by atoms with Crippen molar-refractivity contribution in [3.05, 3.63) is 51.5 Å². The highest BCUT2D eigenvalue weighted by Gasteiger charge is 2.12. The van der Waals surface area contributed by atoms with Gasteiger partial charge in [-0.15, -0.1) is 11.3 Å². The zero-order valence-electron chi connectivity index (χ0n) is 10.5. The van der Waals surface area contributed by atoms with E-state index in [1.807, 2.05) is 12.6 Å². The molecule has 0 aliphatic heterocycles. The van der Waals surface area contributed by atoms with Crippen molar-refractivity contribution in [2.75, 3.05) is 7.05 Å². The quantitative estimate of drug-likeness (QED) is 0.895. The molecule has 0 aliphatic carbocycles. The summed E-state index contributed by atoms with van der Waals surface area (Å²) in [4.78, 5) is 4.38. The van der Waals surface area contributed by atoms with E-state index in [0.717, 1.165) is 12.1 Å². The van der Waals surface area contributed by atoms with Gasteiger partial charge in [-0.2, -0.15) is 0 Å². The first-order chi connectivity index (χ1) is 8.19. The SMILES string of the molecule is CNC(Cc1cc(C)cc(C)c1)c1cscn1. The predicted octanol–water partition coefficient (Wildman–Crippen LogP) is 3.26. The lowest BCUT2D eigenvalue weighted by atomic mass is 10.00. The van der Waals surface area contributed by atoms with Gasteiger partial charge in [0.05, 0.1) is 17.2 Å². The van der Waals surface area contributed by atoms with Crippen molar-refractivity contribution in [1.29, 1.82) is 0 Å². The molecule has 2 rings (SSSR count). The fourth-order valence-electron chi connectivity index (χ4n) is 2.17. The number of aromatic nitrogens is 1. The predicted molar refractivity (Wildman–Crippen MR) is 73.5 cm³/mol. The van der Waals surface area contributed by atoms with Gasteiger partial charge >= 0.3 is 0 Å².